The zero-order valence-electron chi connectivity index (χ0n) is 4.83. The second-order valence-electron chi connectivity index (χ2n) is 1.31. The van der Waals surface area contributed by atoms with Gasteiger partial charge in [0.1, 0.15) is 6.29 Å². The summed E-state index contributed by atoms with van der Waals surface area (Å²) in [6.07, 6.45) is 3.41. The van der Waals surface area contributed by atoms with Crippen LogP contribution in [0.4, 0.5) is 4.79 Å². The number of rotatable bonds is 3. The van der Waals surface area contributed by atoms with Gasteiger partial charge in [-0.15, -0.1) is 0 Å². The average Bonchev–Trinajstić information content (AvgIpc) is 1.80. The number of amides is 2. The van der Waals surface area contributed by atoms with Crippen molar-refractivity contribution in [3.05, 3.63) is 12.2 Å². The number of primary amides is 1. The SMILES string of the molecule is NC(=O)NC/C=C/C=O. The molecule has 0 aliphatic rings. The minimum atomic E-state index is -0.592. The Labute approximate surface area is 52.7 Å². The smallest absolute Gasteiger partial charge is 0.312 e. The molecule has 0 saturated heterocycles. The second kappa shape index (κ2) is 4.83. The van der Waals surface area contributed by atoms with Crippen LogP contribution < -0.4 is 11.1 Å². The molecule has 0 aromatic heterocycles. The first kappa shape index (κ1) is 7.68. The highest BCUT2D eigenvalue weighted by molar-refractivity contribution is 5.72. The maximum Gasteiger partial charge on any atom is 0.312 e. The minimum absolute atomic E-state index is 0.300. The molecule has 0 aliphatic heterocycles. The molecule has 0 spiro atoms. The maximum absolute atomic E-state index is 9.95. The van der Waals surface area contributed by atoms with Crippen LogP contribution in [0.1, 0.15) is 0 Å². The Hall–Kier alpha value is -1.32. The number of carbonyl (C=O) groups excluding carboxylic acids is 2. The van der Waals surface area contributed by atoms with Crippen LogP contribution in [0.3, 0.4) is 0 Å². The van der Waals surface area contributed by atoms with E-state index < -0.39 is 6.03 Å². The summed E-state index contributed by atoms with van der Waals surface area (Å²) in [7, 11) is 0. The third-order valence-electron chi connectivity index (χ3n) is 0.609. The summed E-state index contributed by atoms with van der Waals surface area (Å²) in [5.74, 6) is 0. The Morgan fingerprint density at radius 2 is 2.33 bits per heavy atom. The van der Waals surface area contributed by atoms with Crippen molar-refractivity contribution in [3.63, 3.8) is 0 Å². The lowest BCUT2D eigenvalue weighted by Gasteiger charge is -1.91. The largest absolute Gasteiger partial charge is 0.352 e. The molecule has 0 radical (unpaired) electrons. The third-order valence-corrected chi connectivity index (χ3v) is 0.609. The van der Waals surface area contributed by atoms with E-state index in [0.717, 1.165) is 0 Å². The van der Waals surface area contributed by atoms with Crippen LogP contribution in [0.5, 0.6) is 0 Å². The van der Waals surface area contributed by atoms with Gasteiger partial charge in [-0.2, -0.15) is 0 Å². The molecule has 4 heteroatoms. The summed E-state index contributed by atoms with van der Waals surface area (Å²) in [5.41, 5.74) is 4.70. The van der Waals surface area contributed by atoms with Crippen molar-refractivity contribution < 1.29 is 9.59 Å². The van der Waals surface area contributed by atoms with Gasteiger partial charge in [0.2, 0.25) is 0 Å². The fourth-order valence-electron chi connectivity index (χ4n) is 0.283. The van der Waals surface area contributed by atoms with Crippen LogP contribution in [0.25, 0.3) is 0 Å². The monoisotopic (exact) mass is 128 g/mol. The van der Waals surface area contributed by atoms with E-state index in [4.69, 9.17) is 5.73 Å². The molecule has 0 rings (SSSR count). The van der Waals surface area contributed by atoms with Gasteiger partial charge >= 0.3 is 6.03 Å². The molecule has 4 nitrogen and oxygen atoms in total. The van der Waals surface area contributed by atoms with Crippen molar-refractivity contribution in [2.45, 2.75) is 0 Å². The topological polar surface area (TPSA) is 72.2 Å². The molecule has 0 bridgehead atoms. The lowest BCUT2D eigenvalue weighted by atomic mass is 10.5. The molecule has 50 valence electrons. The van der Waals surface area contributed by atoms with Crippen molar-refractivity contribution in [1.29, 1.82) is 0 Å². The molecule has 2 amide bonds. The molecule has 0 saturated carbocycles. The predicted molar refractivity (Wildman–Crippen MR) is 32.8 cm³/mol. The highest BCUT2D eigenvalue weighted by Crippen LogP contribution is 1.63. The van der Waals surface area contributed by atoms with Gasteiger partial charge in [-0.05, 0) is 6.08 Å². The van der Waals surface area contributed by atoms with Gasteiger partial charge < -0.3 is 11.1 Å². The molecule has 0 fully saturated rings. The number of hydrogen-bond acceptors (Lipinski definition) is 2. The summed E-state index contributed by atoms with van der Waals surface area (Å²) < 4.78 is 0. The summed E-state index contributed by atoms with van der Waals surface area (Å²) in [5, 5.41) is 2.27. The van der Waals surface area contributed by atoms with Crippen LogP contribution in [-0.4, -0.2) is 18.9 Å². The van der Waals surface area contributed by atoms with Gasteiger partial charge in [0.15, 0.2) is 0 Å². The lowest BCUT2D eigenvalue weighted by Crippen LogP contribution is -2.29. The normalized spacial score (nSPS) is 9.33. The van der Waals surface area contributed by atoms with E-state index in [2.05, 4.69) is 5.32 Å². The van der Waals surface area contributed by atoms with E-state index in [1.807, 2.05) is 0 Å². The van der Waals surface area contributed by atoms with Gasteiger partial charge in [-0.25, -0.2) is 4.79 Å². The molecule has 0 aromatic carbocycles. The molecule has 0 unspecified atom stereocenters. The molecular weight excluding hydrogens is 120 g/mol. The molecular formula is C5H8N2O2. The van der Waals surface area contributed by atoms with Crippen molar-refractivity contribution in [3.8, 4) is 0 Å². The zero-order valence-corrected chi connectivity index (χ0v) is 4.83. The Balaban J connectivity index is 3.19. The van der Waals surface area contributed by atoms with Crippen LogP contribution in [0.2, 0.25) is 0 Å². The molecule has 0 aromatic rings. The number of aldehydes is 1. The van der Waals surface area contributed by atoms with Crippen molar-refractivity contribution >= 4 is 12.3 Å². The maximum atomic E-state index is 9.95. The number of urea groups is 1. The average molecular weight is 128 g/mol. The summed E-state index contributed by atoms with van der Waals surface area (Å²) >= 11 is 0. The van der Waals surface area contributed by atoms with Crippen LogP contribution >= 0.6 is 0 Å². The molecule has 9 heavy (non-hydrogen) atoms. The van der Waals surface area contributed by atoms with E-state index in [9.17, 15) is 9.59 Å². The fourth-order valence-corrected chi connectivity index (χ4v) is 0.283. The van der Waals surface area contributed by atoms with Crippen LogP contribution in [0, 0.1) is 0 Å². The first-order chi connectivity index (χ1) is 4.27. The molecule has 0 aliphatic carbocycles. The Bertz CT molecular complexity index is 131. The number of nitrogens with two attached hydrogens (primary N) is 1. The molecule has 0 heterocycles. The van der Waals surface area contributed by atoms with Crippen molar-refractivity contribution in [2.75, 3.05) is 6.54 Å². The predicted octanol–water partition coefficient (Wildman–Crippen LogP) is -0.590. The van der Waals surface area contributed by atoms with Gasteiger partial charge in [-0.3, -0.25) is 4.79 Å². The quantitative estimate of drug-likeness (QED) is 0.394. The zero-order chi connectivity index (χ0) is 7.11. The van der Waals surface area contributed by atoms with Crippen molar-refractivity contribution in [1.82, 2.24) is 5.32 Å². The molecule has 3 N–H and O–H groups in total. The van der Waals surface area contributed by atoms with E-state index in [1.165, 1.54) is 12.2 Å². The number of nitrogens with one attached hydrogen (secondary N) is 1. The van der Waals surface area contributed by atoms with Crippen LogP contribution in [-0.2, 0) is 4.79 Å². The summed E-state index contributed by atoms with van der Waals surface area (Å²) in [6.45, 7) is 0.300. The first-order valence-electron chi connectivity index (χ1n) is 2.41. The van der Waals surface area contributed by atoms with E-state index in [1.54, 1.807) is 0 Å². The summed E-state index contributed by atoms with van der Waals surface area (Å²) in [6, 6.07) is -0.592. The van der Waals surface area contributed by atoms with Gasteiger partial charge in [0, 0.05) is 6.54 Å². The van der Waals surface area contributed by atoms with E-state index in [0.29, 0.717) is 12.8 Å². The first-order valence-corrected chi connectivity index (χ1v) is 2.41. The Kier molecular flexibility index (Phi) is 4.12. The van der Waals surface area contributed by atoms with E-state index in [-0.39, 0.29) is 0 Å². The summed E-state index contributed by atoms with van der Waals surface area (Å²) in [4.78, 5) is 19.6. The molecule has 0 atom stereocenters. The van der Waals surface area contributed by atoms with Gasteiger partial charge in [0.05, 0.1) is 0 Å². The standard InChI is InChI=1S/C5H8N2O2/c6-5(9)7-3-1-2-4-8/h1-2,4H,3H2,(H3,6,7,9)/b2-1+. The second-order valence-corrected chi connectivity index (χ2v) is 1.31. The van der Waals surface area contributed by atoms with Gasteiger partial charge in [-0.1, -0.05) is 6.08 Å². The minimum Gasteiger partial charge on any atom is -0.352 e. The van der Waals surface area contributed by atoms with Crippen LogP contribution in [0.15, 0.2) is 12.2 Å². The highest BCUT2D eigenvalue weighted by atomic mass is 16.2. The highest BCUT2D eigenvalue weighted by Gasteiger charge is 1.82. The fraction of sp³-hybridized carbons (Fsp3) is 0.200. The van der Waals surface area contributed by atoms with Crippen molar-refractivity contribution in [2.24, 2.45) is 5.73 Å². The number of hydrogen-bond donors (Lipinski definition) is 2. The Morgan fingerprint density at radius 3 is 2.78 bits per heavy atom. The third kappa shape index (κ3) is 6.68. The number of carbonyl (C=O) groups is 2. The van der Waals surface area contributed by atoms with E-state index >= 15 is 0 Å². The lowest BCUT2D eigenvalue weighted by molar-refractivity contribution is -0.104. The number of allylic oxidation sites excluding steroid dienone is 1. The Morgan fingerprint density at radius 1 is 1.67 bits per heavy atom. The van der Waals surface area contributed by atoms with Gasteiger partial charge in [0.25, 0.3) is 0 Å².